The topological polar surface area (TPSA) is 82.5 Å². The highest BCUT2D eigenvalue weighted by atomic mass is 32.2. The molecule has 2 aromatic rings. The Morgan fingerprint density at radius 2 is 2.05 bits per heavy atom. The van der Waals surface area contributed by atoms with E-state index in [1.54, 1.807) is 25.1 Å². The van der Waals surface area contributed by atoms with Crippen LogP contribution < -0.4 is 9.61 Å². The molecule has 1 N–H and O–H groups in total. The van der Waals surface area contributed by atoms with Crippen LogP contribution in [-0.4, -0.2) is 18.2 Å². The SMILES string of the molecule is CC1=CS(=O)(=O)Nc2cc(SOOc3ccccc3)nn21. The molecule has 0 atom stereocenters. The molecular formula is C12H11N3O4S2. The number of sulfonamides is 1. The van der Waals surface area contributed by atoms with Crippen LogP contribution in [0.1, 0.15) is 6.92 Å². The summed E-state index contributed by atoms with van der Waals surface area (Å²) in [7, 11) is -3.45. The van der Waals surface area contributed by atoms with Gasteiger partial charge >= 0.3 is 0 Å². The third-order valence-corrected chi connectivity index (χ3v) is 4.24. The van der Waals surface area contributed by atoms with Crippen molar-refractivity contribution in [2.75, 3.05) is 4.72 Å². The molecule has 1 aromatic carbocycles. The van der Waals surface area contributed by atoms with E-state index in [-0.39, 0.29) is 0 Å². The number of rotatable bonds is 4. The predicted octanol–water partition coefficient (Wildman–Crippen LogP) is 2.47. The standard InChI is InChI=1S/C12H11N3O4S2/c1-9-8-21(16,17)14-11-7-12(13-15(9)11)20-19-18-10-5-3-2-4-6-10/h2-8,14H,1H3. The van der Waals surface area contributed by atoms with E-state index in [4.69, 9.17) is 9.22 Å². The predicted molar refractivity (Wildman–Crippen MR) is 78.7 cm³/mol. The number of nitrogens with zero attached hydrogens (tertiary/aromatic N) is 2. The van der Waals surface area contributed by atoms with Crippen molar-refractivity contribution in [3.8, 4) is 5.75 Å². The summed E-state index contributed by atoms with van der Waals surface area (Å²) in [6.45, 7) is 1.66. The van der Waals surface area contributed by atoms with E-state index in [0.29, 0.717) is 22.3 Å². The van der Waals surface area contributed by atoms with E-state index in [9.17, 15) is 8.42 Å². The van der Waals surface area contributed by atoms with Crippen molar-refractivity contribution in [1.82, 2.24) is 9.78 Å². The largest absolute Gasteiger partial charge is 0.325 e. The maximum Gasteiger partial charge on any atom is 0.257 e. The van der Waals surface area contributed by atoms with Gasteiger partial charge < -0.3 is 4.89 Å². The highest BCUT2D eigenvalue weighted by molar-refractivity contribution is 7.95. The zero-order chi connectivity index (χ0) is 14.9. The molecule has 1 aliphatic heterocycles. The van der Waals surface area contributed by atoms with E-state index in [1.807, 2.05) is 18.2 Å². The van der Waals surface area contributed by atoms with Crippen LogP contribution >= 0.6 is 12.0 Å². The molecule has 1 aromatic heterocycles. The Labute approximate surface area is 125 Å². The minimum absolute atomic E-state index is 0.362. The van der Waals surface area contributed by atoms with Crippen LogP contribution in [0.5, 0.6) is 5.75 Å². The summed E-state index contributed by atoms with van der Waals surface area (Å²) in [5.74, 6) is 0.923. The first-order valence-corrected chi connectivity index (χ1v) is 8.20. The minimum atomic E-state index is -3.45. The minimum Gasteiger partial charge on any atom is -0.325 e. The summed E-state index contributed by atoms with van der Waals surface area (Å²) in [4.78, 5) is 5.07. The average molecular weight is 325 g/mol. The van der Waals surface area contributed by atoms with Crippen LogP contribution in [0, 0.1) is 0 Å². The normalized spacial score (nSPS) is 15.8. The number of fused-ring (bicyclic) bond motifs is 1. The fourth-order valence-electron chi connectivity index (χ4n) is 1.76. The molecule has 0 saturated carbocycles. The molecule has 1 aliphatic rings. The van der Waals surface area contributed by atoms with Gasteiger partial charge in [0, 0.05) is 6.07 Å². The lowest BCUT2D eigenvalue weighted by molar-refractivity contribution is -0.0779. The molecule has 0 fully saturated rings. The smallest absolute Gasteiger partial charge is 0.257 e. The number of para-hydroxylation sites is 1. The maximum atomic E-state index is 11.5. The van der Waals surface area contributed by atoms with E-state index in [0.717, 1.165) is 17.5 Å². The first-order valence-electron chi connectivity index (χ1n) is 5.91. The fourth-order valence-corrected chi connectivity index (χ4v) is 3.26. The lowest BCUT2D eigenvalue weighted by Gasteiger charge is -2.13. The molecule has 0 radical (unpaired) electrons. The average Bonchev–Trinajstić information content (AvgIpc) is 2.81. The second kappa shape index (κ2) is 5.43. The summed E-state index contributed by atoms with van der Waals surface area (Å²) in [5, 5.41) is 5.79. The van der Waals surface area contributed by atoms with Crippen molar-refractivity contribution in [3.05, 3.63) is 41.8 Å². The Hall–Kier alpha value is -1.97. The molecule has 21 heavy (non-hydrogen) atoms. The van der Waals surface area contributed by atoms with Crippen molar-refractivity contribution >= 4 is 33.6 Å². The number of anilines is 1. The molecule has 110 valence electrons. The van der Waals surface area contributed by atoms with Gasteiger partial charge in [0.15, 0.2) is 10.8 Å². The van der Waals surface area contributed by atoms with Crippen LogP contribution in [0.15, 0.2) is 46.8 Å². The van der Waals surface area contributed by atoms with Crippen molar-refractivity contribution < 1.29 is 17.6 Å². The van der Waals surface area contributed by atoms with Gasteiger partial charge in [-0.3, -0.25) is 4.72 Å². The maximum absolute atomic E-state index is 11.5. The highest BCUT2D eigenvalue weighted by Gasteiger charge is 2.21. The molecule has 0 saturated heterocycles. The van der Waals surface area contributed by atoms with E-state index < -0.39 is 10.0 Å². The van der Waals surface area contributed by atoms with Crippen molar-refractivity contribution in [2.45, 2.75) is 11.9 Å². The van der Waals surface area contributed by atoms with Crippen LogP contribution in [0.2, 0.25) is 0 Å². The summed E-state index contributed by atoms with van der Waals surface area (Å²) in [6.07, 6.45) is 0. The van der Waals surface area contributed by atoms with E-state index in [1.165, 1.54) is 4.68 Å². The van der Waals surface area contributed by atoms with Crippen molar-refractivity contribution in [2.24, 2.45) is 0 Å². The summed E-state index contributed by atoms with van der Waals surface area (Å²) in [6, 6.07) is 10.6. The number of allylic oxidation sites excluding steroid dienone is 1. The van der Waals surface area contributed by atoms with Gasteiger partial charge in [-0.25, -0.2) is 13.1 Å². The van der Waals surface area contributed by atoms with Gasteiger partial charge in [-0.15, -0.1) is 4.33 Å². The van der Waals surface area contributed by atoms with Gasteiger partial charge in [0.05, 0.1) is 11.1 Å². The molecule has 3 rings (SSSR count). The molecule has 7 nitrogen and oxygen atoms in total. The highest BCUT2D eigenvalue weighted by Crippen LogP contribution is 2.28. The quantitative estimate of drug-likeness (QED) is 0.528. The monoisotopic (exact) mass is 325 g/mol. The molecule has 0 spiro atoms. The lowest BCUT2D eigenvalue weighted by atomic mass is 10.3. The van der Waals surface area contributed by atoms with E-state index in [2.05, 4.69) is 9.82 Å². The second-order valence-corrected chi connectivity index (χ2v) is 6.48. The van der Waals surface area contributed by atoms with Gasteiger partial charge in [0.2, 0.25) is 0 Å². The summed E-state index contributed by atoms with van der Waals surface area (Å²) >= 11 is 0.895. The van der Waals surface area contributed by atoms with Crippen LogP contribution in [0.25, 0.3) is 5.70 Å². The van der Waals surface area contributed by atoms with Gasteiger partial charge in [-0.1, -0.05) is 18.2 Å². The fraction of sp³-hybridized carbons (Fsp3) is 0.0833. The van der Waals surface area contributed by atoms with E-state index >= 15 is 0 Å². The van der Waals surface area contributed by atoms with Crippen molar-refractivity contribution in [1.29, 1.82) is 0 Å². The zero-order valence-electron chi connectivity index (χ0n) is 10.9. The first-order chi connectivity index (χ1) is 10.0. The van der Waals surface area contributed by atoms with Crippen LogP contribution in [0.3, 0.4) is 0 Å². The van der Waals surface area contributed by atoms with Gasteiger partial charge in [0.25, 0.3) is 10.0 Å². The summed E-state index contributed by atoms with van der Waals surface area (Å²) in [5.41, 5.74) is 0.500. The molecule has 2 heterocycles. The number of nitrogens with one attached hydrogen (secondary N) is 1. The zero-order valence-corrected chi connectivity index (χ0v) is 12.5. The Bertz CT molecular complexity index is 784. The Morgan fingerprint density at radius 1 is 1.29 bits per heavy atom. The lowest BCUT2D eigenvalue weighted by Crippen LogP contribution is -2.18. The molecule has 0 amide bonds. The van der Waals surface area contributed by atoms with Crippen LogP contribution in [-0.2, 0) is 14.4 Å². The third kappa shape index (κ3) is 3.20. The first kappa shape index (κ1) is 14.0. The number of aromatic nitrogens is 2. The number of benzene rings is 1. The Morgan fingerprint density at radius 3 is 2.81 bits per heavy atom. The molecule has 0 unspecified atom stereocenters. The molecule has 9 heteroatoms. The van der Waals surface area contributed by atoms with Crippen molar-refractivity contribution in [3.63, 3.8) is 0 Å². The van der Waals surface area contributed by atoms with Crippen LogP contribution in [0.4, 0.5) is 5.82 Å². The third-order valence-electron chi connectivity index (χ3n) is 2.59. The Balaban J connectivity index is 1.68. The molecular weight excluding hydrogens is 314 g/mol. The summed E-state index contributed by atoms with van der Waals surface area (Å²) < 4.78 is 32.0. The van der Waals surface area contributed by atoms with Gasteiger partial charge in [-0.05, 0) is 19.1 Å². The van der Waals surface area contributed by atoms with Gasteiger partial charge in [-0.2, -0.15) is 5.10 Å². The van der Waals surface area contributed by atoms with Gasteiger partial charge in [0.1, 0.15) is 17.9 Å². The molecule has 0 bridgehead atoms. The number of hydrogen-bond donors (Lipinski definition) is 1. The second-order valence-electron chi connectivity index (χ2n) is 4.23. The Kier molecular flexibility index (Phi) is 3.62. The molecule has 0 aliphatic carbocycles. The number of hydrogen-bond acceptors (Lipinski definition) is 6.